The zero-order chi connectivity index (χ0) is 18.4. The summed E-state index contributed by atoms with van der Waals surface area (Å²) in [5, 5.41) is 12.5. The summed E-state index contributed by atoms with van der Waals surface area (Å²) in [4.78, 5) is 7.49. The van der Waals surface area contributed by atoms with Gasteiger partial charge in [-0.3, -0.25) is 0 Å². The number of hydrogen-bond acceptors (Lipinski definition) is 5. The monoisotopic (exact) mass is 352 g/mol. The summed E-state index contributed by atoms with van der Waals surface area (Å²) < 4.78 is 11.6. The van der Waals surface area contributed by atoms with Gasteiger partial charge in [0.2, 0.25) is 5.90 Å². The molecular formula is C19H20N4O3. The highest BCUT2D eigenvalue weighted by atomic mass is 16.5. The maximum atomic E-state index is 8.79. The van der Waals surface area contributed by atoms with E-state index in [1.165, 1.54) is 0 Å². The first-order valence-corrected chi connectivity index (χ1v) is 8.45. The Morgan fingerprint density at radius 3 is 2.73 bits per heavy atom. The number of azide groups is 1. The van der Waals surface area contributed by atoms with E-state index in [0.717, 1.165) is 16.9 Å². The van der Waals surface area contributed by atoms with Crippen LogP contribution in [0.3, 0.4) is 0 Å². The van der Waals surface area contributed by atoms with E-state index in [9.17, 15) is 0 Å². The largest absolute Gasteiger partial charge is 0.494 e. The van der Waals surface area contributed by atoms with Crippen molar-refractivity contribution < 1.29 is 14.6 Å². The predicted molar refractivity (Wildman–Crippen MR) is 98.7 cm³/mol. The first-order valence-electron chi connectivity index (χ1n) is 8.45. The summed E-state index contributed by atoms with van der Waals surface area (Å²) in [5.41, 5.74) is 11.0. The van der Waals surface area contributed by atoms with E-state index >= 15 is 0 Å². The van der Waals surface area contributed by atoms with Gasteiger partial charge in [0, 0.05) is 34.8 Å². The second-order valence-electron chi connectivity index (χ2n) is 5.91. The van der Waals surface area contributed by atoms with Crippen molar-refractivity contribution in [3.8, 4) is 5.75 Å². The minimum absolute atomic E-state index is 0.0967. The molecule has 0 spiro atoms. The summed E-state index contributed by atoms with van der Waals surface area (Å²) in [5.74, 6) is 1.29. The number of benzene rings is 2. The van der Waals surface area contributed by atoms with Crippen molar-refractivity contribution in [1.29, 1.82) is 0 Å². The number of ether oxygens (including phenoxy) is 2. The lowest BCUT2D eigenvalue weighted by Crippen LogP contribution is -2.11. The zero-order valence-corrected chi connectivity index (χ0v) is 14.4. The van der Waals surface area contributed by atoms with Crippen LogP contribution in [-0.4, -0.2) is 30.3 Å². The molecule has 0 bridgehead atoms. The Labute approximate surface area is 151 Å². The van der Waals surface area contributed by atoms with Crippen molar-refractivity contribution in [2.45, 2.75) is 25.5 Å². The molecule has 0 aromatic heterocycles. The second-order valence-corrected chi connectivity index (χ2v) is 5.91. The Bertz CT molecular complexity index is 829. The Balaban J connectivity index is 1.74. The maximum Gasteiger partial charge on any atom is 0.217 e. The summed E-state index contributed by atoms with van der Waals surface area (Å²) in [6.45, 7) is 2.55. The van der Waals surface area contributed by atoms with E-state index < -0.39 is 0 Å². The van der Waals surface area contributed by atoms with Gasteiger partial charge in [-0.15, -0.1) is 0 Å². The third-order valence-electron chi connectivity index (χ3n) is 4.07. The van der Waals surface area contributed by atoms with Crippen LogP contribution < -0.4 is 4.74 Å². The van der Waals surface area contributed by atoms with Crippen molar-refractivity contribution in [2.24, 2.45) is 10.1 Å². The van der Waals surface area contributed by atoms with E-state index in [4.69, 9.17) is 20.1 Å². The molecule has 1 aliphatic heterocycles. The van der Waals surface area contributed by atoms with E-state index in [1.807, 2.05) is 49.4 Å². The van der Waals surface area contributed by atoms with E-state index in [1.54, 1.807) is 6.07 Å². The molecule has 1 heterocycles. The average molecular weight is 352 g/mol. The lowest BCUT2D eigenvalue weighted by molar-refractivity contribution is 0.203. The van der Waals surface area contributed by atoms with Crippen molar-refractivity contribution in [2.75, 3.05) is 13.2 Å². The normalized spacial score (nSPS) is 18.6. The second kappa shape index (κ2) is 8.38. The van der Waals surface area contributed by atoms with Crippen molar-refractivity contribution in [1.82, 2.24) is 0 Å². The van der Waals surface area contributed by atoms with Gasteiger partial charge in [0.05, 0.1) is 12.6 Å². The fourth-order valence-corrected chi connectivity index (χ4v) is 2.78. The summed E-state index contributed by atoms with van der Waals surface area (Å²) in [6, 6.07) is 14.8. The molecule has 0 fully saturated rings. The summed E-state index contributed by atoms with van der Waals surface area (Å²) >= 11 is 0. The molecule has 26 heavy (non-hydrogen) atoms. The molecule has 0 saturated carbocycles. The van der Waals surface area contributed by atoms with Crippen LogP contribution in [0, 0.1) is 0 Å². The molecule has 0 amide bonds. The number of hydrogen-bond donors (Lipinski definition) is 1. The van der Waals surface area contributed by atoms with Gasteiger partial charge in [-0.25, -0.2) is 4.99 Å². The summed E-state index contributed by atoms with van der Waals surface area (Å²) in [6.07, 6.45) is 0.300. The van der Waals surface area contributed by atoms with Crippen LogP contribution >= 0.6 is 0 Å². The third-order valence-corrected chi connectivity index (χ3v) is 4.07. The highest BCUT2D eigenvalue weighted by Gasteiger charge is 2.31. The minimum atomic E-state index is -0.299. The number of nitrogens with zero attached hydrogens (tertiary/aromatic N) is 4. The SMILES string of the molecule is C[C@H]1N=C(c2ccc(OCCCO)cc2)O[C@H]1c1ccccc1N=[N+]=[N-]. The number of rotatable bonds is 7. The minimum Gasteiger partial charge on any atom is -0.494 e. The Kier molecular flexibility index (Phi) is 5.73. The van der Waals surface area contributed by atoms with Crippen LogP contribution in [0.4, 0.5) is 5.69 Å². The molecular weight excluding hydrogens is 332 g/mol. The van der Waals surface area contributed by atoms with Crippen LogP contribution in [0.25, 0.3) is 10.4 Å². The highest BCUT2D eigenvalue weighted by molar-refractivity contribution is 5.95. The number of aliphatic hydroxyl groups excluding tert-OH is 1. The number of aliphatic imine (C=N–C) groups is 1. The van der Waals surface area contributed by atoms with Gasteiger partial charge in [0.1, 0.15) is 11.9 Å². The Morgan fingerprint density at radius 2 is 2.00 bits per heavy atom. The zero-order valence-electron chi connectivity index (χ0n) is 14.4. The van der Waals surface area contributed by atoms with E-state index in [-0.39, 0.29) is 18.8 Å². The molecule has 0 unspecified atom stereocenters. The molecule has 2 aromatic carbocycles. The molecule has 3 rings (SSSR count). The molecule has 134 valence electrons. The molecule has 0 radical (unpaired) electrons. The van der Waals surface area contributed by atoms with Crippen LogP contribution in [0.5, 0.6) is 5.75 Å². The van der Waals surface area contributed by atoms with Crippen molar-refractivity contribution >= 4 is 11.6 Å². The topological polar surface area (TPSA) is 99.8 Å². The van der Waals surface area contributed by atoms with Crippen molar-refractivity contribution in [3.05, 3.63) is 70.1 Å². The summed E-state index contributed by atoms with van der Waals surface area (Å²) in [7, 11) is 0. The molecule has 1 aliphatic rings. The Hall–Kier alpha value is -3.02. The van der Waals surface area contributed by atoms with Gasteiger partial charge < -0.3 is 14.6 Å². The predicted octanol–water partition coefficient (Wildman–Crippen LogP) is 4.30. The third kappa shape index (κ3) is 3.96. The lowest BCUT2D eigenvalue weighted by Gasteiger charge is -2.17. The quantitative estimate of drug-likeness (QED) is 0.348. The van der Waals surface area contributed by atoms with Crippen LogP contribution in [0.1, 0.15) is 30.6 Å². The van der Waals surface area contributed by atoms with Gasteiger partial charge in [0.25, 0.3) is 0 Å². The maximum absolute atomic E-state index is 8.79. The molecule has 7 nitrogen and oxygen atoms in total. The molecule has 0 saturated heterocycles. The van der Waals surface area contributed by atoms with Gasteiger partial charge in [-0.05, 0) is 36.7 Å². The standard InChI is InChI=1S/C19H20N4O3/c1-13-18(16-5-2-3-6-17(16)22-23-20)26-19(21-13)14-7-9-15(10-8-14)25-12-4-11-24/h2-3,5-10,13,18,24H,4,11-12H2,1H3/t13-,18-/m1/s1. The fraction of sp³-hybridized carbons (Fsp3) is 0.316. The van der Waals surface area contributed by atoms with Gasteiger partial charge in [-0.1, -0.05) is 29.4 Å². The fourth-order valence-electron chi connectivity index (χ4n) is 2.78. The molecule has 0 aliphatic carbocycles. The van der Waals surface area contributed by atoms with Gasteiger partial charge in [0.15, 0.2) is 0 Å². The van der Waals surface area contributed by atoms with Crippen LogP contribution in [0.15, 0.2) is 58.6 Å². The van der Waals surface area contributed by atoms with Crippen LogP contribution in [0.2, 0.25) is 0 Å². The van der Waals surface area contributed by atoms with Gasteiger partial charge in [-0.2, -0.15) is 0 Å². The Morgan fingerprint density at radius 1 is 1.23 bits per heavy atom. The smallest absolute Gasteiger partial charge is 0.217 e. The number of aliphatic hydroxyl groups is 1. The van der Waals surface area contributed by atoms with E-state index in [0.29, 0.717) is 24.6 Å². The molecule has 1 N–H and O–H groups in total. The van der Waals surface area contributed by atoms with Crippen LogP contribution in [-0.2, 0) is 4.74 Å². The average Bonchev–Trinajstić information content (AvgIpc) is 3.05. The van der Waals surface area contributed by atoms with Crippen molar-refractivity contribution in [3.63, 3.8) is 0 Å². The van der Waals surface area contributed by atoms with E-state index in [2.05, 4.69) is 15.0 Å². The first-order chi connectivity index (χ1) is 12.7. The molecule has 2 aromatic rings. The lowest BCUT2D eigenvalue weighted by atomic mass is 10.0. The first kappa shape index (κ1) is 17.8. The molecule has 7 heteroatoms. The highest BCUT2D eigenvalue weighted by Crippen LogP contribution is 2.36. The van der Waals surface area contributed by atoms with Gasteiger partial charge >= 0.3 is 0 Å². The molecule has 2 atom stereocenters.